The molecule has 1 nitrogen and oxygen atoms in total. The van der Waals surface area contributed by atoms with Crippen molar-refractivity contribution in [2.75, 3.05) is 0 Å². The topological polar surface area (TPSA) is 12.4 Å². The minimum atomic E-state index is -1.11. The maximum Gasteiger partial charge on any atom is -1.00 e. The molecular formula is C20H20Cl2NSiZr. The summed E-state index contributed by atoms with van der Waals surface area (Å²) in [5.74, 6) is 0. The molecule has 5 heteroatoms. The summed E-state index contributed by atoms with van der Waals surface area (Å²) in [7, 11) is -1.11. The maximum absolute atomic E-state index is 4.19. The summed E-state index contributed by atoms with van der Waals surface area (Å²) in [5.41, 5.74) is 8.90. The molecule has 127 valence electrons. The third-order valence-electron chi connectivity index (χ3n) is 5.38. The Morgan fingerprint density at radius 2 is 1.72 bits per heavy atom. The summed E-state index contributed by atoms with van der Waals surface area (Å²) >= 11 is 1.60. The molecular weight excluding hydrogens is 444 g/mol. The van der Waals surface area contributed by atoms with Crippen LogP contribution in [0.4, 0.5) is 0 Å². The standard InChI is InChI=1S/C10H11NSi.C10H9.2ClH.Zr/c1-6-9-7-4-11-5-8(7)10(6)12(9,2)3;1-8-6-9-4-2-3-5-10(9)7-8;;;/h4-5H,1-3H3;2-7H,1H3;2*1H;/q;;;;+2/p-2. The van der Waals surface area contributed by atoms with Gasteiger partial charge in [-0.1, -0.05) is 18.7 Å². The Bertz CT molecular complexity index is 891. The van der Waals surface area contributed by atoms with Gasteiger partial charge in [0.1, 0.15) is 8.07 Å². The van der Waals surface area contributed by atoms with Gasteiger partial charge < -0.3 is 24.8 Å². The maximum atomic E-state index is 4.19. The van der Waals surface area contributed by atoms with E-state index in [1.807, 2.05) is 12.4 Å². The second-order valence-corrected chi connectivity index (χ2v) is 12.9. The fourth-order valence-corrected chi connectivity index (χ4v) is 9.19. The average molecular weight is 465 g/mol. The van der Waals surface area contributed by atoms with Crippen molar-refractivity contribution in [3.8, 4) is 0 Å². The van der Waals surface area contributed by atoms with E-state index in [4.69, 9.17) is 0 Å². The zero-order valence-corrected chi connectivity index (χ0v) is 19.8. The van der Waals surface area contributed by atoms with Crippen LogP contribution in [0.1, 0.15) is 28.6 Å². The largest absolute Gasteiger partial charge is 1.00 e. The number of fused-ring (bicyclic) bond motifs is 1. The van der Waals surface area contributed by atoms with Crippen LogP contribution in [-0.2, 0) is 24.7 Å². The van der Waals surface area contributed by atoms with E-state index < -0.39 is 8.07 Å². The molecule has 0 N–H and O–H groups in total. The van der Waals surface area contributed by atoms with Gasteiger partial charge in [-0.3, -0.25) is 4.99 Å². The quantitative estimate of drug-likeness (QED) is 0.441. The molecule has 1 unspecified atom stereocenters. The van der Waals surface area contributed by atoms with Crippen LogP contribution in [0.15, 0.2) is 68.1 Å². The Morgan fingerprint density at radius 3 is 2.32 bits per heavy atom. The predicted octanol–water partition coefficient (Wildman–Crippen LogP) is -0.919. The van der Waals surface area contributed by atoms with E-state index in [9.17, 15) is 0 Å². The number of benzene rings is 1. The van der Waals surface area contributed by atoms with Crippen LogP contribution in [0.3, 0.4) is 0 Å². The summed E-state index contributed by atoms with van der Waals surface area (Å²) in [6.45, 7) is 9.34. The Morgan fingerprint density at radius 1 is 1.04 bits per heavy atom. The smallest absolute Gasteiger partial charge is 1.00 e. The Balaban J connectivity index is 0.000000168. The average Bonchev–Trinajstić information content (AvgIpc) is 3.18. The summed E-state index contributed by atoms with van der Waals surface area (Å²) in [4.78, 5) is 4.19. The fourth-order valence-electron chi connectivity index (χ4n) is 4.41. The summed E-state index contributed by atoms with van der Waals surface area (Å²) < 4.78 is 0.721. The molecule has 3 aliphatic heterocycles. The van der Waals surface area contributed by atoms with Gasteiger partial charge in [-0.15, -0.1) is 0 Å². The monoisotopic (exact) mass is 462 g/mol. The van der Waals surface area contributed by atoms with Crippen LogP contribution >= 0.6 is 0 Å². The molecule has 1 atom stereocenters. The molecule has 1 aromatic carbocycles. The van der Waals surface area contributed by atoms with Crippen molar-refractivity contribution in [1.82, 2.24) is 0 Å². The van der Waals surface area contributed by atoms with E-state index in [0.29, 0.717) is 0 Å². The van der Waals surface area contributed by atoms with Gasteiger partial charge in [0.2, 0.25) is 0 Å². The second-order valence-electron chi connectivity index (χ2n) is 7.18. The molecule has 0 saturated carbocycles. The van der Waals surface area contributed by atoms with E-state index in [1.54, 1.807) is 40.7 Å². The third-order valence-corrected chi connectivity index (χ3v) is 11.1. The first-order valence-electron chi connectivity index (χ1n) is 8.11. The molecule has 2 bridgehead atoms. The van der Waals surface area contributed by atoms with Crippen molar-refractivity contribution in [1.29, 1.82) is 0 Å². The Kier molecular flexibility index (Phi) is 6.06. The third kappa shape index (κ3) is 2.98. The first-order valence-corrected chi connectivity index (χ1v) is 12.5. The molecule has 0 amide bonds. The minimum Gasteiger partial charge on any atom is -1.00 e. The van der Waals surface area contributed by atoms with E-state index >= 15 is 0 Å². The SMILES string of the molecule is CC1=C2C3=CN=CC3=C1[Si]2(C)C.CC1=Cc2ccccc2[CH]1[Zr+2].[Cl-].[Cl-]. The number of hydrogen-bond donors (Lipinski definition) is 0. The molecule has 2 aliphatic carbocycles. The number of hydrogen-bond acceptors (Lipinski definition) is 1. The number of nitrogens with zero attached hydrogens (tertiary/aromatic N) is 1. The number of rotatable bonds is 0. The van der Waals surface area contributed by atoms with Gasteiger partial charge in [0.15, 0.2) is 0 Å². The molecule has 0 fully saturated rings. The molecule has 6 rings (SSSR count). The summed E-state index contributed by atoms with van der Waals surface area (Å²) in [5, 5.41) is 3.31. The van der Waals surface area contributed by atoms with E-state index in [1.165, 1.54) is 27.8 Å². The zero-order chi connectivity index (χ0) is 16.4. The van der Waals surface area contributed by atoms with Gasteiger partial charge in [0.05, 0.1) is 0 Å². The fraction of sp³-hybridized carbons (Fsp3) is 0.250. The molecule has 3 heterocycles. The van der Waals surface area contributed by atoms with Crippen LogP contribution in [0.2, 0.25) is 13.1 Å². The molecule has 0 saturated heterocycles. The normalized spacial score (nSPS) is 22.7. The molecule has 25 heavy (non-hydrogen) atoms. The number of halogens is 2. The van der Waals surface area contributed by atoms with Gasteiger partial charge in [-0.2, -0.15) is 0 Å². The predicted molar refractivity (Wildman–Crippen MR) is 96.6 cm³/mol. The first kappa shape index (κ1) is 20.8. The Hall–Kier alpha value is -0.470. The van der Waals surface area contributed by atoms with Crippen molar-refractivity contribution in [2.45, 2.75) is 30.6 Å². The van der Waals surface area contributed by atoms with E-state index in [2.05, 4.69) is 62.3 Å². The van der Waals surface area contributed by atoms with Crippen molar-refractivity contribution in [3.05, 3.63) is 74.3 Å². The van der Waals surface area contributed by atoms with Crippen LogP contribution in [0.25, 0.3) is 6.08 Å². The van der Waals surface area contributed by atoms with Crippen LogP contribution in [0.5, 0.6) is 0 Å². The minimum absolute atomic E-state index is 0. The zero-order valence-electron chi connectivity index (χ0n) is 14.8. The van der Waals surface area contributed by atoms with E-state index in [0.717, 1.165) is 3.63 Å². The van der Waals surface area contributed by atoms with Gasteiger partial charge in [-0.25, -0.2) is 0 Å². The van der Waals surface area contributed by atoms with Gasteiger partial charge >= 0.3 is 82.3 Å². The molecule has 0 spiro atoms. The van der Waals surface area contributed by atoms with Gasteiger partial charge in [0, 0.05) is 23.6 Å². The first-order chi connectivity index (χ1) is 10.9. The van der Waals surface area contributed by atoms with Crippen molar-refractivity contribution in [3.63, 3.8) is 0 Å². The van der Waals surface area contributed by atoms with Crippen LogP contribution in [0, 0.1) is 0 Å². The van der Waals surface area contributed by atoms with Crippen molar-refractivity contribution < 1.29 is 49.5 Å². The van der Waals surface area contributed by atoms with Crippen LogP contribution in [-0.4, -0.2) is 14.3 Å². The van der Waals surface area contributed by atoms with Crippen molar-refractivity contribution >= 4 is 20.4 Å². The second kappa shape index (κ2) is 7.27. The van der Waals surface area contributed by atoms with E-state index in [-0.39, 0.29) is 24.8 Å². The number of allylic oxidation sites excluding steroid dienone is 6. The van der Waals surface area contributed by atoms with Gasteiger partial charge in [0.25, 0.3) is 0 Å². The Labute approximate surface area is 178 Å². The molecule has 0 aromatic heterocycles. The molecule has 1 aromatic rings. The molecule has 0 radical (unpaired) electrons. The molecule has 5 aliphatic rings. The summed E-state index contributed by atoms with van der Waals surface area (Å²) in [6, 6.07) is 8.67. The van der Waals surface area contributed by atoms with Gasteiger partial charge in [-0.05, 0) is 17.3 Å². The van der Waals surface area contributed by atoms with Crippen LogP contribution < -0.4 is 24.8 Å². The summed E-state index contributed by atoms with van der Waals surface area (Å²) in [6.07, 6.45) is 6.36. The number of aliphatic imine (C=N–C) groups is 1. The van der Waals surface area contributed by atoms with Crippen molar-refractivity contribution in [2.24, 2.45) is 4.99 Å².